The smallest absolute Gasteiger partial charge is 0.214 e. The second-order valence-electron chi connectivity index (χ2n) is 4.09. The molecule has 1 fully saturated rings. The molecule has 1 aliphatic rings. The van der Waals surface area contributed by atoms with Gasteiger partial charge in [-0.15, -0.1) is 0 Å². The minimum absolute atomic E-state index is 0.0761. The van der Waals surface area contributed by atoms with E-state index >= 15 is 0 Å². The van der Waals surface area contributed by atoms with Crippen LogP contribution in [0.1, 0.15) is 39.0 Å². The van der Waals surface area contributed by atoms with Gasteiger partial charge in [-0.05, 0) is 32.1 Å². The highest BCUT2D eigenvalue weighted by molar-refractivity contribution is 7.89. The Morgan fingerprint density at radius 2 is 2.00 bits per heavy atom. The van der Waals surface area contributed by atoms with Crippen molar-refractivity contribution >= 4 is 10.0 Å². The van der Waals surface area contributed by atoms with Crippen molar-refractivity contribution in [2.45, 2.75) is 45.1 Å². The second-order valence-corrected chi connectivity index (χ2v) is 6.13. The molecule has 15 heavy (non-hydrogen) atoms. The Hall–Kier alpha value is -0.130. The average Bonchev–Trinajstić information content (AvgIpc) is 2.97. The zero-order valence-electron chi connectivity index (χ0n) is 9.35. The van der Waals surface area contributed by atoms with Crippen LogP contribution in [0.2, 0.25) is 0 Å². The van der Waals surface area contributed by atoms with Gasteiger partial charge in [0, 0.05) is 19.2 Å². The molecule has 0 aliphatic heterocycles. The predicted molar refractivity (Wildman–Crippen MR) is 60.1 cm³/mol. The quantitative estimate of drug-likeness (QED) is 0.638. The SMILES string of the molecule is CCCN(C1CC1)S(=O)(=O)CCCCO. The number of hydrogen-bond acceptors (Lipinski definition) is 3. The first-order valence-electron chi connectivity index (χ1n) is 5.72. The minimum Gasteiger partial charge on any atom is -0.396 e. The van der Waals surface area contributed by atoms with Crippen LogP contribution in [-0.2, 0) is 10.0 Å². The summed E-state index contributed by atoms with van der Waals surface area (Å²) in [5.41, 5.74) is 0. The first kappa shape index (κ1) is 12.9. The van der Waals surface area contributed by atoms with Crippen LogP contribution < -0.4 is 0 Å². The molecule has 0 atom stereocenters. The van der Waals surface area contributed by atoms with Crippen LogP contribution in [-0.4, -0.2) is 42.8 Å². The molecule has 0 saturated heterocycles. The summed E-state index contributed by atoms with van der Waals surface area (Å²) in [4.78, 5) is 0. The summed E-state index contributed by atoms with van der Waals surface area (Å²) < 4.78 is 25.5. The molecule has 0 radical (unpaired) electrons. The topological polar surface area (TPSA) is 57.6 Å². The number of hydrogen-bond donors (Lipinski definition) is 1. The van der Waals surface area contributed by atoms with Crippen LogP contribution >= 0.6 is 0 Å². The molecule has 5 heteroatoms. The third-order valence-electron chi connectivity index (χ3n) is 2.57. The monoisotopic (exact) mass is 235 g/mol. The molecule has 0 aromatic rings. The van der Waals surface area contributed by atoms with Gasteiger partial charge < -0.3 is 5.11 Å². The highest BCUT2D eigenvalue weighted by Gasteiger charge is 2.35. The van der Waals surface area contributed by atoms with Gasteiger partial charge in [0.1, 0.15) is 0 Å². The van der Waals surface area contributed by atoms with Gasteiger partial charge in [-0.2, -0.15) is 4.31 Å². The van der Waals surface area contributed by atoms with Gasteiger partial charge >= 0.3 is 0 Å². The van der Waals surface area contributed by atoms with Gasteiger partial charge in [0.15, 0.2) is 0 Å². The number of sulfonamides is 1. The maximum Gasteiger partial charge on any atom is 0.214 e. The molecule has 1 aliphatic carbocycles. The van der Waals surface area contributed by atoms with Crippen molar-refractivity contribution in [1.82, 2.24) is 4.31 Å². The fraction of sp³-hybridized carbons (Fsp3) is 1.00. The van der Waals surface area contributed by atoms with Gasteiger partial charge in [0.2, 0.25) is 10.0 Å². The molecule has 0 amide bonds. The van der Waals surface area contributed by atoms with E-state index < -0.39 is 10.0 Å². The van der Waals surface area contributed by atoms with Crippen LogP contribution in [0, 0.1) is 0 Å². The fourth-order valence-electron chi connectivity index (χ4n) is 1.65. The van der Waals surface area contributed by atoms with E-state index in [0.29, 0.717) is 19.4 Å². The summed E-state index contributed by atoms with van der Waals surface area (Å²) >= 11 is 0. The van der Waals surface area contributed by atoms with Crippen LogP contribution in [0.3, 0.4) is 0 Å². The Morgan fingerprint density at radius 3 is 2.47 bits per heavy atom. The molecule has 0 aromatic carbocycles. The Bertz CT molecular complexity index is 272. The maximum absolute atomic E-state index is 11.9. The third kappa shape index (κ3) is 4.09. The van der Waals surface area contributed by atoms with E-state index in [1.165, 1.54) is 0 Å². The van der Waals surface area contributed by atoms with Gasteiger partial charge in [0.25, 0.3) is 0 Å². The molecule has 4 nitrogen and oxygen atoms in total. The summed E-state index contributed by atoms with van der Waals surface area (Å²) in [6, 6.07) is 0.268. The molecule has 0 spiro atoms. The molecular weight excluding hydrogens is 214 g/mol. The zero-order valence-corrected chi connectivity index (χ0v) is 10.2. The lowest BCUT2D eigenvalue weighted by atomic mass is 10.4. The summed E-state index contributed by atoms with van der Waals surface area (Å²) in [5, 5.41) is 8.62. The standard InChI is InChI=1S/C10H21NO3S/c1-2-7-11(10-5-6-10)15(13,14)9-4-3-8-12/h10,12H,2-9H2,1H3. The van der Waals surface area contributed by atoms with Crippen LogP contribution in [0.15, 0.2) is 0 Å². The van der Waals surface area contributed by atoms with Crippen molar-refractivity contribution < 1.29 is 13.5 Å². The van der Waals surface area contributed by atoms with Crippen LogP contribution in [0.25, 0.3) is 0 Å². The van der Waals surface area contributed by atoms with Crippen molar-refractivity contribution in [3.05, 3.63) is 0 Å². The van der Waals surface area contributed by atoms with E-state index in [-0.39, 0.29) is 18.4 Å². The van der Waals surface area contributed by atoms with E-state index in [9.17, 15) is 8.42 Å². The molecule has 0 bridgehead atoms. The van der Waals surface area contributed by atoms with E-state index in [2.05, 4.69) is 0 Å². The molecule has 90 valence electrons. The van der Waals surface area contributed by atoms with Gasteiger partial charge in [-0.3, -0.25) is 0 Å². The minimum atomic E-state index is -3.07. The largest absolute Gasteiger partial charge is 0.396 e. The number of nitrogens with zero attached hydrogens (tertiary/aromatic N) is 1. The Kier molecular flexibility index (Phi) is 5.02. The summed E-state index contributed by atoms with van der Waals surface area (Å²) in [6.07, 6.45) is 4.03. The van der Waals surface area contributed by atoms with Crippen molar-refractivity contribution in [1.29, 1.82) is 0 Å². The number of aliphatic hydroxyl groups excluding tert-OH is 1. The Labute approximate surface area is 92.3 Å². The summed E-state index contributed by atoms with van der Waals surface area (Å²) in [7, 11) is -3.07. The molecule has 0 aromatic heterocycles. The maximum atomic E-state index is 11.9. The first-order chi connectivity index (χ1) is 7.11. The lowest BCUT2D eigenvalue weighted by molar-refractivity contribution is 0.286. The highest BCUT2D eigenvalue weighted by Crippen LogP contribution is 2.29. The Balaban J connectivity index is 2.48. The van der Waals surface area contributed by atoms with Crippen molar-refractivity contribution in [2.24, 2.45) is 0 Å². The van der Waals surface area contributed by atoms with Gasteiger partial charge in [0.05, 0.1) is 5.75 Å². The van der Waals surface area contributed by atoms with Crippen molar-refractivity contribution in [3.8, 4) is 0 Å². The van der Waals surface area contributed by atoms with E-state index in [1.54, 1.807) is 4.31 Å². The first-order valence-corrected chi connectivity index (χ1v) is 7.33. The van der Waals surface area contributed by atoms with Crippen LogP contribution in [0.4, 0.5) is 0 Å². The zero-order chi connectivity index (χ0) is 11.3. The Morgan fingerprint density at radius 1 is 1.33 bits per heavy atom. The fourth-order valence-corrected chi connectivity index (χ4v) is 3.57. The molecular formula is C10H21NO3S. The lowest BCUT2D eigenvalue weighted by Gasteiger charge is -2.20. The second kappa shape index (κ2) is 5.82. The summed E-state index contributed by atoms with van der Waals surface area (Å²) in [5.74, 6) is 0.185. The third-order valence-corrected chi connectivity index (χ3v) is 4.57. The van der Waals surface area contributed by atoms with Gasteiger partial charge in [-0.25, -0.2) is 8.42 Å². The normalized spacial score (nSPS) is 17.3. The van der Waals surface area contributed by atoms with E-state index in [4.69, 9.17) is 5.11 Å². The molecule has 1 N–H and O–H groups in total. The average molecular weight is 235 g/mol. The number of aliphatic hydroxyl groups is 1. The molecule has 0 unspecified atom stereocenters. The van der Waals surface area contributed by atoms with Gasteiger partial charge in [-0.1, -0.05) is 6.92 Å². The van der Waals surface area contributed by atoms with E-state index in [0.717, 1.165) is 19.3 Å². The van der Waals surface area contributed by atoms with Crippen molar-refractivity contribution in [3.63, 3.8) is 0 Å². The predicted octanol–water partition coefficient (Wildman–Crippen LogP) is 0.963. The number of unbranched alkanes of at least 4 members (excludes halogenated alkanes) is 1. The molecule has 0 heterocycles. The molecule has 1 rings (SSSR count). The van der Waals surface area contributed by atoms with Crippen LogP contribution in [0.5, 0.6) is 0 Å². The highest BCUT2D eigenvalue weighted by atomic mass is 32.2. The summed E-state index contributed by atoms with van der Waals surface area (Å²) in [6.45, 7) is 2.72. The van der Waals surface area contributed by atoms with Crippen molar-refractivity contribution in [2.75, 3.05) is 18.9 Å². The number of rotatable bonds is 8. The lowest BCUT2D eigenvalue weighted by Crippen LogP contribution is -2.35. The molecule has 1 saturated carbocycles. The van der Waals surface area contributed by atoms with E-state index in [1.807, 2.05) is 6.92 Å².